The molecule has 3 rings (SSSR count). The first-order valence-electron chi connectivity index (χ1n) is 10.3. The summed E-state index contributed by atoms with van der Waals surface area (Å²) in [5.74, 6) is 0.650. The van der Waals surface area contributed by atoms with Crippen molar-refractivity contribution in [3.8, 4) is 5.75 Å². The Morgan fingerprint density at radius 1 is 1.06 bits per heavy atom. The van der Waals surface area contributed by atoms with Gasteiger partial charge in [0.15, 0.2) is 5.78 Å². The lowest BCUT2D eigenvalue weighted by Crippen LogP contribution is -2.49. The highest BCUT2D eigenvalue weighted by Gasteiger charge is 2.31. The summed E-state index contributed by atoms with van der Waals surface area (Å²) in [6.45, 7) is 4.80. The first-order valence-corrected chi connectivity index (χ1v) is 10.3. The van der Waals surface area contributed by atoms with Crippen LogP contribution in [0.1, 0.15) is 29.3 Å². The number of benzene rings is 2. The molecule has 0 saturated carbocycles. The maximum atomic E-state index is 12.9. The second kappa shape index (κ2) is 13.0. The lowest BCUT2D eigenvalue weighted by Gasteiger charge is -2.37. The molecule has 33 heavy (non-hydrogen) atoms. The predicted molar refractivity (Wildman–Crippen MR) is 127 cm³/mol. The van der Waals surface area contributed by atoms with Crippen LogP contribution in [0.3, 0.4) is 0 Å². The second-order valence-electron chi connectivity index (χ2n) is 7.60. The highest BCUT2D eigenvalue weighted by atomic mass is 35.5. The van der Waals surface area contributed by atoms with Crippen molar-refractivity contribution < 1.29 is 27.8 Å². The molecule has 5 nitrogen and oxygen atoms in total. The smallest absolute Gasteiger partial charge is 0.416 e. The lowest BCUT2D eigenvalue weighted by molar-refractivity contribution is -0.137. The van der Waals surface area contributed by atoms with Crippen LogP contribution in [0.5, 0.6) is 5.75 Å². The Bertz CT molecular complexity index is 874. The van der Waals surface area contributed by atoms with E-state index >= 15 is 0 Å². The molecule has 0 aliphatic carbocycles. The number of ether oxygens (including phenoxy) is 1. The normalized spacial score (nSPS) is 15.2. The topological polar surface area (TPSA) is 53.0 Å². The van der Waals surface area contributed by atoms with Crippen LogP contribution >= 0.6 is 24.8 Å². The summed E-state index contributed by atoms with van der Waals surface area (Å²) in [7, 11) is 0. The molecule has 0 spiro atoms. The van der Waals surface area contributed by atoms with E-state index in [-0.39, 0.29) is 37.2 Å². The standard InChI is InChI=1S/C23H27F3N2O3.2ClH/c1-2-22(30)17-6-8-21(9-7-17)31-16-20(29)15-27-10-12-28(13-11-27)19-5-3-4-18(14-19)23(24,25)26;;/h3-9,14,20,29H,2,10-13,15-16H2,1H3;2*1H. The number of piperazine rings is 1. The summed E-state index contributed by atoms with van der Waals surface area (Å²) in [4.78, 5) is 15.6. The number of carbonyl (C=O) groups is 1. The number of ketones is 1. The Kier molecular flexibility index (Phi) is 11.5. The summed E-state index contributed by atoms with van der Waals surface area (Å²) < 4.78 is 44.4. The predicted octanol–water partition coefficient (Wildman–Crippen LogP) is 4.70. The Hall–Kier alpha value is -2.00. The van der Waals surface area contributed by atoms with Crippen LogP contribution in [0.15, 0.2) is 48.5 Å². The molecule has 184 valence electrons. The van der Waals surface area contributed by atoms with Crippen molar-refractivity contribution in [3.05, 3.63) is 59.7 Å². The van der Waals surface area contributed by atoms with E-state index in [4.69, 9.17) is 4.74 Å². The fourth-order valence-corrected chi connectivity index (χ4v) is 3.55. The van der Waals surface area contributed by atoms with Gasteiger partial charge in [-0.3, -0.25) is 9.69 Å². The quantitative estimate of drug-likeness (QED) is 0.523. The van der Waals surface area contributed by atoms with Crippen molar-refractivity contribution >= 4 is 36.3 Å². The maximum absolute atomic E-state index is 12.9. The number of β-amino-alcohol motifs (C(OH)–C–C–N with tert-alkyl or cyclic N) is 1. The molecule has 10 heteroatoms. The van der Waals surface area contributed by atoms with Crippen LogP contribution in [-0.2, 0) is 6.18 Å². The van der Waals surface area contributed by atoms with Crippen LogP contribution in [0.4, 0.5) is 18.9 Å². The molecular formula is C23H29Cl2F3N2O3. The van der Waals surface area contributed by atoms with Gasteiger partial charge in [-0.15, -0.1) is 24.8 Å². The molecule has 0 aromatic heterocycles. The number of hydrogen-bond acceptors (Lipinski definition) is 5. The molecule has 0 radical (unpaired) electrons. The third-order valence-corrected chi connectivity index (χ3v) is 5.32. The first-order chi connectivity index (χ1) is 14.8. The molecule has 2 aromatic rings. The van der Waals surface area contributed by atoms with Crippen LogP contribution < -0.4 is 9.64 Å². The Morgan fingerprint density at radius 2 is 1.70 bits per heavy atom. The minimum atomic E-state index is -4.35. The summed E-state index contributed by atoms with van der Waals surface area (Å²) in [5, 5.41) is 10.3. The average Bonchev–Trinajstić information content (AvgIpc) is 2.77. The number of aliphatic hydroxyl groups is 1. The van der Waals surface area contributed by atoms with Gasteiger partial charge in [0.2, 0.25) is 0 Å². The SMILES string of the molecule is CCC(=O)c1ccc(OCC(O)CN2CCN(c3cccc(C(F)(F)F)c3)CC2)cc1.Cl.Cl. The van der Waals surface area contributed by atoms with Crippen molar-refractivity contribution in [1.82, 2.24) is 4.90 Å². The Balaban J connectivity index is 0.00000272. The zero-order valence-electron chi connectivity index (χ0n) is 18.3. The number of Topliss-reactive ketones (excluding diaryl/α,β-unsaturated/α-hetero) is 1. The van der Waals surface area contributed by atoms with E-state index in [1.807, 2.05) is 11.8 Å². The number of aliphatic hydroxyl groups excluding tert-OH is 1. The minimum absolute atomic E-state index is 0. The molecule has 1 N–H and O–H groups in total. The minimum Gasteiger partial charge on any atom is -0.491 e. The van der Waals surface area contributed by atoms with E-state index in [0.717, 1.165) is 6.07 Å². The molecule has 1 heterocycles. The van der Waals surface area contributed by atoms with Crippen LogP contribution in [0, 0.1) is 0 Å². The molecule has 1 aliphatic rings. The highest BCUT2D eigenvalue weighted by Crippen LogP contribution is 2.31. The molecule has 2 aromatic carbocycles. The molecule has 1 aliphatic heterocycles. The van der Waals surface area contributed by atoms with E-state index in [0.29, 0.717) is 56.1 Å². The van der Waals surface area contributed by atoms with Gasteiger partial charge in [0.1, 0.15) is 18.5 Å². The zero-order valence-corrected chi connectivity index (χ0v) is 19.9. The number of rotatable bonds is 8. The zero-order chi connectivity index (χ0) is 22.4. The van der Waals surface area contributed by atoms with Gasteiger partial charge in [-0.05, 0) is 42.5 Å². The number of hydrogen-bond donors (Lipinski definition) is 1. The van der Waals surface area contributed by atoms with Gasteiger partial charge in [-0.1, -0.05) is 13.0 Å². The molecule has 0 bridgehead atoms. The van der Waals surface area contributed by atoms with Crippen molar-refractivity contribution in [1.29, 1.82) is 0 Å². The average molecular weight is 509 g/mol. The number of nitrogens with zero attached hydrogens (tertiary/aromatic N) is 2. The third-order valence-electron chi connectivity index (χ3n) is 5.32. The molecule has 1 unspecified atom stereocenters. The van der Waals surface area contributed by atoms with Gasteiger partial charge in [0.05, 0.1) is 5.56 Å². The maximum Gasteiger partial charge on any atom is 0.416 e. The summed E-state index contributed by atoms with van der Waals surface area (Å²) >= 11 is 0. The van der Waals surface area contributed by atoms with E-state index in [9.17, 15) is 23.1 Å². The molecule has 1 fully saturated rings. The number of anilines is 1. The van der Waals surface area contributed by atoms with Crippen LogP contribution in [0.25, 0.3) is 0 Å². The molecule has 1 saturated heterocycles. The van der Waals surface area contributed by atoms with E-state index < -0.39 is 17.8 Å². The first kappa shape index (κ1) is 29.0. The third kappa shape index (κ3) is 8.37. The van der Waals surface area contributed by atoms with Gasteiger partial charge in [-0.25, -0.2) is 0 Å². The monoisotopic (exact) mass is 508 g/mol. The summed E-state index contributed by atoms with van der Waals surface area (Å²) in [6, 6.07) is 12.2. The van der Waals surface area contributed by atoms with E-state index in [1.54, 1.807) is 30.3 Å². The largest absolute Gasteiger partial charge is 0.491 e. The van der Waals surface area contributed by atoms with Gasteiger partial charge >= 0.3 is 6.18 Å². The molecular weight excluding hydrogens is 480 g/mol. The summed E-state index contributed by atoms with van der Waals surface area (Å²) in [5.41, 5.74) is 0.546. The highest BCUT2D eigenvalue weighted by molar-refractivity contribution is 5.95. The Morgan fingerprint density at radius 3 is 2.27 bits per heavy atom. The van der Waals surface area contributed by atoms with Crippen molar-refractivity contribution in [2.75, 3.05) is 44.2 Å². The second-order valence-corrected chi connectivity index (χ2v) is 7.60. The van der Waals surface area contributed by atoms with Crippen LogP contribution in [0.2, 0.25) is 0 Å². The van der Waals surface area contributed by atoms with E-state index in [1.165, 1.54) is 12.1 Å². The number of alkyl halides is 3. The van der Waals surface area contributed by atoms with Crippen molar-refractivity contribution in [2.45, 2.75) is 25.6 Å². The molecule has 0 amide bonds. The van der Waals surface area contributed by atoms with Crippen molar-refractivity contribution in [3.63, 3.8) is 0 Å². The van der Waals surface area contributed by atoms with Gasteiger partial charge in [0, 0.05) is 50.4 Å². The molecule has 1 atom stereocenters. The number of carbonyl (C=O) groups excluding carboxylic acids is 1. The Labute approximate surface area is 204 Å². The van der Waals surface area contributed by atoms with E-state index in [2.05, 4.69) is 4.90 Å². The van der Waals surface area contributed by atoms with Gasteiger partial charge in [-0.2, -0.15) is 13.2 Å². The fraction of sp³-hybridized carbons (Fsp3) is 0.435. The summed E-state index contributed by atoms with van der Waals surface area (Å²) in [6.07, 6.45) is -4.61. The fourth-order valence-electron chi connectivity index (χ4n) is 3.55. The van der Waals surface area contributed by atoms with Gasteiger partial charge in [0.25, 0.3) is 0 Å². The lowest BCUT2D eigenvalue weighted by atomic mass is 10.1. The van der Waals surface area contributed by atoms with Crippen molar-refractivity contribution in [2.24, 2.45) is 0 Å². The van der Waals surface area contributed by atoms with Gasteiger partial charge < -0.3 is 14.7 Å². The number of halogens is 5. The van der Waals surface area contributed by atoms with Crippen LogP contribution in [-0.4, -0.2) is 61.2 Å².